The molecule has 1 amide bonds. The molecule has 0 saturated carbocycles. The van der Waals surface area contributed by atoms with Crippen molar-refractivity contribution in [3.63, 3.8) is 0 Å². The van der Waals surface area contributed by atoms with Crippen molar-refractivity contribution in [3.8, 4) is 0 Å². The van der Waals surface area contributed by atoms with Gasteiger partial charge in [-0.25, -0.2) is 0 Å². The van der Waals surface area contributed by atoms with Gasteiger partial charge >= 0.3 is 0 Å². The van der Waals surface area contributed by atoms with E-state index in [1.165, 1.54) is 27.5 Å². The van der Waals surface area contributed by atoms with Crippen molar-refractivity contribution in [3.05, 3.63) is 75.9 Å². The Morgan fingerprint density at radius 1 is 0.885 bits per heavy atom. The number of anilines is 1. The smallest absolute Gasteiger partial charge is 0.267 e. The second-order valence-corrected chi connectivity index (χ2v) is 8.62. The molecule has 0 unspecified atom stereocenters. The molecule has 0 atom stereocenters. The molecule has 0 saturated heterocycles. The zero-order valence-electron chi connectivity index (χ0n) is 13.5. The molecule has 1 N–H and O–H groups in total. The Kier molecular flexibility index (Phi) is 3.71. The van der Waals surface area contributed by atoms with Gasteiger partial charge in [-0.05, 0) is 45.1 Å². The average Bonchev–Trinajstić information content (AvgIpc) is 3.24. The highest BCUT2D eigenvalue weighted by Crippen LogP contribution is 2.39. The topological polar surface area (TPSA) is 29.1 Å². The van der Waals surface area contributed by atoms with Crippen molar-refractivity contribution in [1.82, 2.24) is 0 Å². The second kappa shape index (κ2) is 6.09. The first-order valence-electron chi connectivity index (χ1n) is 8.09. The van der Waals surface area contributed by atoms with Crippen LogP contribution >= 0.6 is 34.3 Å². The molecule has 126 valence electrons. The molecule has 5 aromatic rings. The van der Waals surface area contributed by atoms with Crippen LogP contribution in [0.3, 0.4) is 0 Å². The number of fused-ring (bicyclic) bond motifs is 4. The fourth-order valence-corrected chi connectivity index (χ4v) is 5.74. The van der Waals surface area contributed by atoms with Crippen LogP contribution in [0.1, 0.15) is 9.67 Å². The van der Waals surface area contributed by atoms with E-state index in [0.717, 1.165) is 20.5 Å². The standard InChI is InChI=1S/C21H12ClNOS2/c22-18-17-9-10-25-21(17)26-19(18)20(24)23-14-7-8-16-13(11-14)6-5-12-3-1-2-4-15(12)16/h1-11H,(H,23,24). The molecule has 5 heteroatoms. The van der Waals surface area contributed by atoms with Crippen LogP contribution in [0.15, 0.2) is 66.0 Å². The van der Waals surface area contributed by atoms with Crippen LogP contribution in [0.25, 0.3) is 30.9 Å². The van der Waals surface area contributed by atoms with E-state index < -0.39 is 0 Å². The van der Waals surface area contributed by atoms with E-state index in [1.807, 2.05) is 35.7 Å². The van der Waals surface area contributed by atoms with Crippen molar-refractivity contribution in [2.75, 3.05) is 5.32 Å². The van der Waals surface area contributed by atoms with Gasteiger partial charge in [-0.15, -0.1) is 22.7 Å². The highest BCUT2D eigenvalue weighted by Gasteiger charge is 2.18. The van der Waals surface area contributed by atoms with Crippen molar-refractivity contribution < 1.29 is 4.79 Å². The number of benzene rings is 3. The number of rotatable bonds is 2. The molecule has 3 aromatic carbocycles. The van der Waals surface area contributed by atoms with Gasteiger partial charge in [-0.2, -0.15) is 0 Å². The number of hydrogen-bond donors (Lipinski definition) is 1. The molecule has 26 heavy (non-hydrogen) atoms. The Balaban J connectivity index is 1.52. The lowest BCUT2D eigenvalue weighted by Gasteiger charge is -2.08. The van der Waals surface area contributed by atoms with Crippen LogP contribution in [-0.4, -0.2) is 5.91 Å². The van der Waals surface area contributed by atoms with Crippen LogP contribution in [-0.2, 0) is 0 Å². The normalized spacial score (nSPS) is 11.4. The van der Waals surface area contributed by atoms with E-state index in [9.17, 15) is 4.79 Å². The van der Waals surface area contributed by atoms with E-state index in [0.29, 0.717) is 9.90 Å². The maximum absolute atomic E-state index is 12.7. The maximum atomic E-state index is 12.7. The Hall–Kier alpha value is -2.40. The summed E-state index contributed by atoms with van der Waals surface area (Å²) < 4.78 is 1.07. The number of carbonyl (C=O) groups excluding carboxylic acids is 1. The number of hydrogen-bond acceptors (Lipinski definition) is 3. The molecule has 0 aliphatic heterocycles. The van der Waals surface area contributed by atoms with Crippen molar-refractivity contribution in [2.24, 2.45) is 0 Å². The highest BCUT2D eigenvalue weighted by atomic mass is 35.5. The molecular weight excluding hydrogens is 382 g/mol. The molecule has 0 aliphatic rings. The van der Waals surface area contributed by atoms with Gasteiger partial charge in [0.25, 0.3) is 5.91 Å². The summed E-state index contributed by atoms with van der Waals surface area (Å²) in [6.45, 7) is 0. The number of thiophene rings is 2. The SMILES string of the molecule is O=C(Nc1ccc2c(ccc3ccccc32)c1)c1sc2sccc2c1Cl. The molecule has 2 nitrogen and oxygen atoms in total. The fraction of sp³-hybridized carbons (Fsp3) is 0. The Morgan fingerprint density at radius 3 is 2.58 bits per heavy atom. The Labute approximate surface area is 162 Å². The quantitative estimate of drug-likeness (QED) is 0.316. The van der Waals surface area contributed by atoms with Crippen LogP contribution in [0.4, 0.5) is 5.69 Å². The summed E-state index contributed by atoms with van der Waals surface area (Å²) >= 11 is 9.42. The van der Waals surface area contributed by atoms with Gasteiger partial charge < -0.3 is 5.32 Å². The summed E-state index contributed by atoms with van der Waals surface area (Å²) in [6.07, 6.45) is 0. The van der Waals surface area contributed by atoms with Crippen molar-refractivity contribution in [2.45, 2.75) is 0 Å². The zero-order valence-corrected chi connectivity index (χ0v) is 15.8. The van der Waals surface area contributed by atoms with E-state index >= 15 is 0 Å². The Morgan fingerprint density at radius 2 is 1.69 bits per heavy atom. The van der Waals surface area contributed by atoms with Gasteiger partial charge in [0.15, 0.2) is 0 Å². The summed E-state index contributed by atoms with van der Waals surface area (Å²) in [4.78, 5) is 13.2. The summed E-state index contributed by atoms with van der Waals surface area (Å²) in [5.41, 5.74) is 0.769. The predicted octanol–water partition coefficient (Wildman–Crippen LogP) is 7.17. The minimum atomic E-state index is -0.163. The summed E-state index contributed by atoms with van der Waals surface area (Å²) in [5, 5.41) is 11.2. The van der Waals surface area contributed by atoms with Crippen LogP contribution in [0.5, 0.6) is 0 Å². The van der Waals surface area contributed by atoms with E-state index in [1.54, 1.807) is 11.3 Å². The first-order chi connectivity index (χ1) is 12.7. The second-order valence-electron chi connectivity index (χ2n) is 6.04. The van der Waals surface area contributed by atoms with E-state index in [4.69, 9.17) is 11.6 Å². The Bertz CT molecular complexity index is 1300. The third kappa shape index (κ3) is 2.50. The van der Waals surface area contributed by atoms with E-state index in [-0.39, 0.29) is 5.91 Å². The summed E-state index contributed by atoms with van der Waals surface area (Å²) in [7, 11) is 0. The van der Waals surface area contributed by atoms with Gasteiger partial charge in [-0.3, -0.25) is 4.79 Å². The molecule has 0 bridgehead atoms. The number of halogens is 1. The monoisotopic (exact) mass is 393 g/mol. The predicted molar refractivity (Wildman–Crippen MR) is 114 cm³/mol. The molecule has 2 aromatic heterocycles. The zero-order chi connectivity index (χ0) is 17.7. The molecule has 0 fully saturated rings. The van der Waals surface area contributed by atoms with Crippen LogP contribution < -0.4 is 5.32 Å². The molecule has 0 aliphatic carbocycles. The molecule has 0 radical (unpaired) electrons. The lowest BCUT2D eigenvalue weighted by Crippen LogP contribution is -2.10. The summed E-state index contributed by atoms with van der Waals surface area (Å²) in [6, 6.07) is 20.5. The van der Waals surface area contributed by atoms with Crippen molar-refractivity contribution in [1.29, 1.82) is 0 Å². The lowest BCUT2D eigenvalue weighted by atomic mass is 10.0. The first kappa shape index (κ1) is 15.8. The van der Waals surface area contributed by atoms with Gasteiger partial charge in [0, 0.05) is 11.1 Å². The van der Waals surface area contributed by atoms with Crippen LogP contribution in [0, 0.1) is 0 Å². The third-order valence-electron chi connectivity index (χ3n) is 4.47. The summed E-state index contributed by atoms with van der Waals surface area (Å²) in [5.74, 6) is -0.163. The van der Waals surface area contributed by atoms with Gasteiger partial charge in [0.2, 0.25) is 0 Å². The van der Waals surface area contributed by atoms with E-state index in [2.05, 4.69) is 35.6 Å². The molecule has 5 rings (SSSR count). The first-order valence-corrected chi connectivity index (χ1v) is 10.2. The number of amides is 1. The minimum absolute atomic E-state index is 0.163. The molecule has 2 heterocycles. The number of carbonyl (C=O) groups is 1. The third-order valence-corrected chi connectivity index (χ3v) is 7.22. The largest absolute Gasteiger partial charge is 0.321 e. The molecular formula is C21H12ClNOS2. The van der Waals surface area contributed by atoms with Gasteiger partial charge in [0.05, 0.1) is 9.04 Å². The minimum Gasteiger partial charge on any atom is -0.321 e. The average molecular weight is 394 g/mol. The van der Waals surface area contributed by atoms with Gasteiger partial charge in [0.1, 0.15) is 4.88 Å². The maximum Gasteiger partial charge on any atom is 0.267 e. The number of nitrogens with one attached hydrogen (secondary N) is 1. The highest BCUT2D eigenvalue weighted by molar-refractivity contribution is 7.38. The fourth-order valence-electron chi connectivity index (χ4n) is 3.22. The van der Waals surface area contributed by atoms with Gasteiger partial charge in [-0.1, -0.05) is 54.1 Å². The van der Waals surface area contributed by atoms with Crippen LogP contribution in [0.2, 0.25) is 5.02 Å². The molecule has 0 spiro atoms. The van der Waals surface area contributed by atoms with Crippen molar-refractivity contribution >= 4 is 76.8 Å². The lowest BCUT2D eigenvalue weighted by molar-refractivity contribution is 0.103.